The van der Waals surface area contributed by atoms with Gasteiger partial charge < -0.3 is 9.47 Å². The van der Waals surface area contributed by atoms with Gasteiger partial charge in [0, 0.05) is 26.2 Å². The van der Waals surface area contributed by atoms with E-state index in [4.69, 9.17) is 9.47 Å². The molecule has 0 spiro atoms. The van der Waals surface area contributed by atoms with Crippen molar-refractivity contribution in [1.82, 2.24) is 4.90 Å². The van der Waals surface area contributed by atoms with Gasteiger partial charge in [0.15, 0.2) is 0 Å². The molecule has 0 aromatic heterocycles. The smallest absolute Gasteiger partial charge is 0.0594 e. The van der Waals surface area contributed by atoms with Crippen LogP contribution in [0, 0.1) is 11.3 Å². The zero-order chi connectivity index (χ0) is 12.7. The molecule has 0 amide bonds. The van der Waals surface area contributed by atoms with Crippen molar-refractivity contribution in [3.63, 3.8) is 0 Å². The highest BCUT2D eigenvalue weighted by atomic mass is 16.5. The van der Waals surface area contributed by atoms with Crippen molar-refractivity contribution in [2.75, 3.05) is 46.1 Å². The predicted octanol–water partition coefficient (Wildman–Crippen LogP) is 2.41. The topological polar surface area (TPSA) is 21.7 Å². The molecule has 1 fully saturated rings. The van der Waals surface area contributed by atoms with Crippen molar-refractivity contribution in [2.24, 2.45) is 11.3 Å². The summed E-state index contributed by atoms with van der Waals surface area (Å²) < 4.78 is 11.1. The fraction of sp³-hybridized carbons (Fsp3) is 1.00. The molecule has 0 radical (unpaired) electrons. The maximum atomic E-state index is 5.74. The largest absolute Gasteiger partial charge is 0.380 e. The standard InChI is InChI=1S/C14H29NO2/c1-13(2)14(3,4)5-9-16-10-6-15-7-11-17-12-8-15/h13H,5-12H2,1-4H3. The summed E-state index contributed by atoms with van der Waals surface area (Å²) in [6, 6.07) is 0. The van der Waals surface area contributed by atoms with Crippen LogP contribution in [0.1, 0.15) is 34.1 Å². The van der Waals surface area contributed by atoms with E-state index in [2.05, 4.69) is 32.6 Å². The molecule has 3 heteroatoms. The van der Waals surface area contributed by atoms with Crippen LogP contribution in [0.3, 0.4) is 0 Å². The average molecular weight is 243 g/mol. The van der Waals surface area contributed by atoms with Crippen LogP contribution in [-0.2, 0) is 9.47 Å². The maximum absolute atomic E-state index is 5.74. The number of morpholine rings is 1. The van der Waals surface area contributed by atoms with Gasteiger partial charge in [-0.2, -0.15) is 0 Å². The first kappa shape index (κ1) is 14.9. The van der Waals surface area contributed by atoms with Crippen LogP contribution >= 0.6 is 0 Å². The SMILES string of the molecule is CC(C)C(C)(C)CCOCCN1CCOCC1. The van der Waals surface area contributed by atoms with E-state index in [1.54, 1.807) is 0 Å². The third kappa shape index (κ3) is 5.84. The molecule has 1 aliphatic rings. The van der Waals surface area contributed by atoms with E-state index in [9.17, 15) is 0 Å². The Balaban J connectivity index is 2.00. The number of ether oxygens (including phenoxy) is 2. The van der Waals surface area contributed by atoms with Crippen molar-refractivity contribution in [3.05, 3.63) is 0 Å². The van der Waals surface area contributed by atoms with Gasteiger partial charge in [-0.3, -0.25) is 4.90 Å². The van der Waals surface area contributed by atoms with Gasteiger partial charge in [-0.15, -0.1) is 0 Å². The minimum atomic E-state index is 0.388. The van der Waals surface area contributed by atoms with Crippen LogP contribution in [0.25, 0.3) is 0 Å². The molecule has 0 bridgehead atoms. The Bertz CT molecular complexity index is 198. The molecule has 1 saturated heterocycles. The van der Waals surface area contributed by atoms with Crippen LogP contribution in [-0.4, -0.2) is 51.0 Å². The Morgan fingerprint density at radius 2 is 1.82 bits per heavy atom. The van der Waals surface area contributed by atoms with Gasteiger partial charge >= 0.3 is 0 Å². The summed E-state index contributed by atoms with van der Waals surface area (Å²) in [4.78, 5) is 2.41. The van der Waals surface area contributed by atoms with Crippen LogP contribution in [0.2, 0.25) is 0 Å². The Labute approximate surface area is 106 Å². The predicted molar refractivity (Wildman–Crippen MR) is 71.3 cm³/mol. The third-order valence-corrected chi connectivity index (χ3v) is 4.11. The molecule has 102 valence electrons. The van der Waals surface area contributed by atoms with Gasteiger partial charge in [0.25, 0.3) is 0 Å². The van der Waals surface area contributed by atoms with Gasteiger partial charge in [-0.25, -0.2) is 0 Å². The van der Waals surface area contributed by atoms with Gasteiger partial charge in [-0.05, 0) is 17.8 Å². The monoisotopic (exact) mass is 243 g/mol. The lowest BCUT2D eigenvalue weighted by molar-refractivity contribution is 0.0157. The third-order valence-electron chi connectivity index (χ3n) is 4.11. The maximum Gasteiger partial charge on any atom is 0.0594 e. The highest BCUT2D eigenvalue weighted by molar-refractivity contribution is 4.71. The van der Waals surface area contributed by atoms with Gasteiger partial charge in [0.1, 0.15) is 0 Å². The summed E-state index contributed by atoms with van der Waals surface area (Å²) in [5.74, 6) is 0.713. The molecular formula is C14H29NO2. The van der Waals surface area contributed by atoms with Crippen molar-refractivity contribution in [3.8, 4) is 0 Å². The molecule has 1 heterocycles. The van der Waals surface area contributed by atoms with E-state index < -0.39 is 0 Å². The molecule has 0 atom stereocenters. The Morgan fingerprint density at radius 3 is 2.41 bits per heavy atom. The molecular weight excluding hydrogens is 214 g/mol. The van der Waals surface area contributed by atoms with E-state index in [1.165, 1.54) is 0 Å². The molecule has 0 unspecified atom stereocenters. The van der Waals surface area contributed by atoms with Crippen LogP contribution in [0.15, 0.2) is 0 Å². The minimum absolute atomic E-state index is 0.388. The zero-order valence-corrected chi connectivity index (χ0v) is 12.0. The highest BCUT2D eigenvalue weighted by Gasteiger charge is 2.21. The first-order valence-corrected chi connectivity index (χ1v) is 6.90. The van der Waals surface area contributed by atoms with E-state index in [-0.39, 0.29) is 0 Å². The summed E-state index contributed by atoms with van der Waals surface area (Å²) in [6.45, 7) is 15.9. The number of rotatable bonds is 7. The fourth-order valence-corrected chi connectivity index (χ4v) is 1.74. The lowest BCUT2D eigenvalue weighted by Gasteiger charge is -2.29. The second-order valence-corrected chi connectivity index (χ2v) is 5.96. The number of hydrogen-bond donors (Lipinski definition) is 0. The lowest BCUT2D eigenvalue weighted by Crippen LogP contribution is -2.38. The van der Waals surface area contributed by atoms with E-state index in [0.29, 0.717) is 11.3 Å². The number of hydrogen-bond acceptors (Lipinski definition) is 3. The first-order valence-electron chi connectivity index (χ1n) is 6.90. The molecule has 1 aliphatic heterocycles. The molecule has 3 nitrogen and oxygen atoms in total. The zero-order valence-electron chi connectivity index (χ0n) is 12.0. The normalized spacial score (nSPS) is 18.9. The minimum Gasteiger partial charge on any atom is -0.380 e. The van der Waals surface area contributed by atoms with Crippen molar-refractivity contribution in [1.29, 1.82) is 0 Å². The fourth-order valence-electron chi connectivity index (χ4n) is 1.74. The summed E-state index contributed by atoms with van der Waals surface area (Å²) in [7, 11) is 0. The molecule has 17 heavy (non-hydrogen) atoms. The average Bonchev–Trinajstić information content (AvgIpc) is 2.29. The molecule has 1 rings (SSSR count). The van der Waals surface area contributed by atoms with Crippen LogP contribution in [0.4, 0.5) is 0 Å². The molecule has 0 aromatic rings. The van der Waals surface area contributed by atoms with E-state index in [0.717, 1.165) is 52.5 Å². The Kier molecular flexibility index (Phi) is 6.45. The van der Waals surface area contributed by atoms with Crippen molar-refractivity contribution in [2.45, 2.75) is 34.1 Å². The second kappa shape index (κ2) is 7.34. The van der Waals surface area contributed by atoms with E-state index >= 15 is 0 Å². The molecule has 0 aliphatic carbocycles. The first-order chi connectivity index (χ1) is 8.02. The summed E-state index contributed by atoms with van der Waals surface area (Å²) in [5.41, 5.74) is 0.388. The summed E-state index contributed by atoms with van der Waals surface area (Å²) >= 11 is 0. The van der Waals surface area contributed by atoms with E-state index in [1.807, 2.05) is 0 Å². The van der Waals surface area contributed by atoms with Crippen molar-refractivity contribution >= 4 is 0 Å². The van der Waals surface area contributed by atoms with Gasteiger partial charge in [0.05, 0.1) is 19.8 Å². The quantitative estimate of drug-likeness (QED) is 0.641. The Morgan fingerprint density at radius 1 is 1.18 bits per heavy atom. The molecule has 0 aromatic carbocycles. The number of nitrogens with zero attached hydrogens (tertiary/aromatic N) is 1. The van der Waals surface area contributed by atoms with Crippen LogP contribution in [0.5, 0.6) is 0 Å². The molecule has 0 saturated carbocycles. The summed E-state index contributed by atoms with van der Waals surface area (Å²) in [6.07, 6.45) is 1.15. The van der Waals surface area contributed by atoms with Gasteiger partial charge in [-0.1, -0.05) is 27.7 Å². The second-order valence-electron chi connectivity index (χ2n) is 5.96. The molecule has 0 N–H and O–H groups in total. The van der Waals surface area contributed by atoms with Gasteiger partial charge in [0.2, 0.25) is 0 Å². The summed E-state index contributed by atoms with van der Waals surface area (Å²) in [5, 5.41) is 0. The Hall–Kier alpha value is -0.120. The lowest BCUT2D eigenvalue weighted by atomic mass is 9.79. The van der Waals surface area contributed by atoms with Crippen LogP contribution < -0.4 is 0 Å². The van der Waals surface area contributed by atoms with Crippen molar-refractivity contribution < 1.29 is 9.47 Å². The highest BCUT2D eigenvalue weighted by Crippen LogP contribution is 2.29.